The quantitative estimate of drug-likeness (QED) is 0.586. The Balaban J connectivity index is 1.64. The summed E-state index contributed by atoms with van der Waals surface area (Å²) >= 11 is 0. The molecule has 3 rings (SSSR count). The van der Waals surface area contributed by atoms with Gasteiger partial charge in [0.2, 0.25) is 5.88 Å². The highest BCUT2D eigenvalue weighted by atomic mass is 16.6. The summed E-state index contributed by atoms with van der Waals surface area (Å²) in [5, 5.41) is 13.2. The lowest BCUT2D eigenvalue weighted by molar-refractivity contribution is 0.0863. The lowest BCUT2D eigenvalue weighted by Crippen LogP contribution is -2.41. The average Bonchev–Trinajstić information content (AvgIpc) is 2.74. The summed E-state index contributed by atoms with van der Waals surface area (Å²) in [5.41, 5.74) is 2.23. The van der Waals surface area contributed by atoms with Gasteiger partial charge in [0.15, 0.2) is 0 Å². The highest BCUT2D eigenvalue weighted by molar-refractivity contribution is 5.98. The number of ether oxygens (including phenoxy) is 2. The molecule has 0 radical (unpaired) electrons. The van der Waals surface area contributed by atoms with Crippen LogP contribution in [0.25, 0.3) is 0 Å². The normalized spacial score (nSPS) is 15.1. The van der Waals surface area contributed by atoms with Gasteiger partial charge in [-0.25, -0.2) is 9.78 Å². The van der Waals surface area contributed by atoms with Crippen LogP contribution in [-0.4, -0.2) is 58.1 Å². The SMILES string of the molecule is COc1ccc(C(C)=NOc2ncnc(OC3CCN(C(=O)O)CC3)c2C)cc1. The molecule has 1 amide bonds. The van der Waals surface area contributed by atoms with Crippen LogP contribution in [0.3, 0.4) is 0 Å². The van der Waals surface area contributed by atoms with Crippen molar-refractivity contribution in [3.8, 4) is 17.5 Å². The number of nitrogens with zero attached hydrogens (tertiary/aromatic N) is 4. The van der Waals surface area contributed by atoms with E-state index < -0.39 is 6.09 Å². The molecule has 154 valence electrons. The molecule has 0 aliphatic carbocycles. The predicted molar refractivity (Wildman–Crippen MR) is 106 cm³/mol. The zero-order chi connectivity index (χ0) is 20.8. The van der Waals surface area contributed by atoms with Crippen molar-refractivity contribution < 1.29 is 24.2 Å². The molecule has 0 unspecified atom stereocenters. The van der Waals surface area contributed by atoms with Crippen LogP contribution in [0.2, 0.25) is 0 Å². The molecule has 1 N–H and O–H groups in total. The summed E-state index contributed by atoms with van der Waals surface area (Å²) in [5.74, 6) is 1.50. The van der Waals surface area contributed by atoms with Gasteiger partial charge in [-0.2, -0.15) is 4.98 Å². The second-order valence-electron chi connectivity index (χ2n) is 6.69. The minimum absolute atomic E-state index is 0.100. The number of piperidine rings is 1. The Kier molecular flexibility index (Phi) is 6.48. The van der Waals surface area contributed by atoms with Crippen molar-refractivity contribution in [2.24, 2.45) is 5.16 Å². The molecule has 1 aliphatic rings. The highest BCUT2D eigenvalue weighted by Gasteiger charge is 2.24. The van der Waals surface area contributed by atoms with Crippen molar-refractivity contribution in [1.29, 1.82) is 0 Å². The number of hydrogen-bond donors (Lipinski definition) is 1. The Hall–Kier alpha value is -3.36. The summed E-state index contributed by atoms with van der Waals surface area (Å²) < 4.78 is 11.1. The van der Waals surface area contributed by atoms with Crippen molar-refractivity contribution in [2.45, 2.75) is 32.8 Å². The fraction of sp³-hybridized carbons (Fsp3) is 0.400. The number of carbonyl (C=O) groups is 1. The van der Waals surface area contributed by atoms with Crippen LogP contribution in [0.5, 0.6) is 17.5 Å². The van der Waals surface area contributed by atoms with Crippen LogP contribution in [0.15, 0.2) is 35.7 Å². The number of rotatable bonds is 6. The van der Waals surface area contributed by atoms with E-state index in [9.17, 15) is 4.79 Å². The third kappa shape index (κ3) is 5.13. The van der Waals surface area contributed by atoms with Crippen LogP contribution in [-0.2, 0) is 0 Å². The number of likely N-dealkylation sites (tertiary alicyclic amines) is 1. The summed E-state index contributed by atoms with van der Waals surface area (Å²) in [7, 11) is 1.62. The van der Waals surface area contributed by atoms with E-state index in [-0.39, 0.29) is 6.10 Å². The van der Waals surface area contributed by atoms with Gasteiger partial charge < -0.3 is 24.3 Å². The molecule has 0 bridgehead atoms. The summed E-state index contributed by atoms with van der Waals surface area (Å²) in [6.45, 7) is 4.53. The molecule has 1 aromatic carbocycles. The second kappa shape index (κ2) is 9.22. The summed E-state index contributed by atoms with van der Waals surface area (Å²) in [6, 6.07) is 7.50. The first-order valence-corrected chi connectivity index (χ1v) is 9.30. The molecule has 1 aromatic heterocycles. The molecule has 9 heteroatoms. The minimum Gasteiger partial charge on any atom is -0.497 e. The molecule has 0 atom stereocenters. The van der Waals surface area contributed by atoms with Crippen LogP contribution in [0, 0.1) is 6.92 Å². The molecule has 2 aromatic rings. The minimum atomic E-state index is -0.901. The third-order valence-corrected chi connectivity index (χ3v) is 4.76. The first-order chi connectivity index (χ1) is 14.0. The maximum atomic E-state index is 11.0. The number of carboxylic acid groups (broad SMARTS) is 1. The van der Waals surface area contributed by atoms with Crippen molar-refractivity contribution >= 4 is 11.8 Å². The maximum absolute atomic E-state index is 11.0. The number of oxime groups is 1. The first kappa shape index (κ1) is 20.4. The Morgan fingerprint density at radius 3 is 2.45 bits per heavy atom. The number of amides is 1. The van der Waals surface area contributed by atoms with Crippen molar-refractivity contribution in [3.63, 3.8) is 0 Å². The largest absolute Gasteiger partial charge is 0.497 e. The molecular weight excluding hydrogens is 376 g/mol. The van der Waals surface area contributed by atoms with Crippen molar-refractivity contribution in [1.82, 2.24) is 14.9 Å². The van der Waals surface area contributed by atoms with Crippen LogP contribution in [0.1, 0.15) is 30.9 Å². The molecule has 1 fully saturated rings. The van der Waals surface area contributed by atoms with Crippen molar-refractivity contribution in [2.75, 3.05) is 20.2 Å². The topological polar surface area (TPSA) is 106 Å². The Labute approximate surface area is 168 Å². The Morgan fingerprint density at radius 1 is 1.17 bits per heavy atom. The van der Waals surface area contributed by atoms with Crippen molar-refractivity contribution in [3.05, 3.63) is 41.7 Å². The van der Waals surface area contributed by atoms with Gasteiger partial charge in [-0.05, 0) is 43.7 Å². The smallest absolute Gasteiger partial charge is 0.407 e. The van der Waals surface area contributed by atoms with E-state index in [1.165, 1.54) is 11.2 Å². The van der Waals surface area contributed by atoms with Gasteiger partial charge in [-0.1, -0.05) is 5.16 Å². The standard InChI is InChI=1S/C20H24N4O5/c1-13-18(28-17-8-10-24(11-9-17)20(25)26)21-12-22-19(13)29-23-14(2)15-4-6-16(27-3)7-5-15/h4-7,12,17H,8-11H2,1-3H3,(H,25,26). The van der Waals surface area contributed by atoms with Gasteiger partial charge in [-0.15, -0.1) is 0 Å². The number of benzene rings is 1. The van der Waals surface area contributed by atoms with Gasteiger partial charge >= 0.3 is 6.09 Å². The molecule has 0 saturated carbocycles. The molecular formula is C20H24N4O5. The van der Waals surface area contributed by atoms with Crippen LogP contribution in [0.4, 0.5) is 4.79 Å². The summed E-state index contributed by atoms with van der Waals surface area (Å²) in [4.78, 5) is 26.2. The fourth-order valence-electron chi connectivity index (χ4n) is 2.95. The molecule has 0 spiro atoms. The first-order valence-electron chi connectivity index (χ1n) is 9.30. The number of aromatic nitrogens is 2. The van der Waals surface area contributed by atoms with Crippen LogP contribution >= 0.6 is 0 Å². The molecule has 9 nitrogen and oxygen atoms in total. The average molecular weight is 400 g/mol. The van der Waals surface area contributed by atoms with E-state index in [0.717, 1.165) is 11.3 Å². The lowest BCUT2D eigenvalue weighted by atomic mass is 10.1. The monoisotopic (exact) mass is 400 g/mol. The zero-order valence-electron chi connectivity index (χ0n) is 16.7. The maximum Gasteiger partial charge on any atom is 0.407 e. The molecule has 2 heterocycles. The van der Waals surface area contributed by atoms with E-state index in [1.54, 1.807) is 14.0 Å². The lowest BCUT2D eigenvalue weighted by Gasteiger charge is -2.30. The number of methoxy groups -OCH3 is 1. The molecule has 29 heavy (non-hydrogen) atoms. The van der Waals surface area contributed by atoms with Crippen LogP contribution < -0.4 is 14.3 Å². The van der Waals surface area contributed by atoms with E-state index in [4.69, 9.17) is 19.4 Å². The Bertz CT molecular complexity index is 877. The second-order valence-corrected chi connectivity index (χ2v) is 6.69. The van der Waals surface area contributed by atoms with Gasteiger partial charge in [0, 0.05) is 25.9 Å². The van der Waals surface area contributed by atoms with E-state index >= 15 is 0 Å². The molecule has 1 aliphatic heterocycles. The van der Waals surface area contributed by atoms with Gasteiger partial charge in [0.1, 0.15) is 18.2 Å². The van der Waals surface area contributed by atoms with Gasteiger partial charge in [-0.3, -0.25) is 0 Å². The van der Waals surface area contributed by atoms with Gasteiger partial charge in [0.25, 0.3) is 5.88 Å². The third-order valence-electron chi connectivity index (χ3n) is 4.76. The van der Waals surface area contributed by atoms with Gasteiger partial charge in [0.05, 0.1) is 18.4 Å². The summed E-state index contributed by atoms with van der Waals surface area (Å²) in [6.07, 6.45) is 1.59. The number of hydrogen-bond acceptors (Lipinski definition) is 7. The fourth-order valence-corrected chi connectivity index (χ4v) is 2.95. The van der Waals surface area contributed by atoms with E-state index in [0.29, 0.717) is 49.0 Å². The van der Waals surface area contributed by atoms with E-state index in [2.05, 4.69) is 15.1 Å². The Morgan fingerprint density at radius 2 is 1.83 bits per heavy atom. The highest BCUT2D eigenvalue weighted by Crippen LogP contribution is 2.26. The van der Waals surface area contributed by atoms with E-state index in [1.807, 2.05) is 31.2 Å². The predicted octanol–water partition coefficient (Wildman–Crippen LogP) is 3.12. The zero-order valence-corrected chi connectivity index (χ0v) is 16.7. The molecule has 1 saturated heterocycles.